The van der Waals surface area contributed by atoms with E-state index in [9.17, 15) is 14.4 Å². The number of imide groups is 1. The van der Waals surface area contributed by atoms with Crippen LogP contribution < -0.4 is 5.32 Å². The number of amides is 3. The van der Waals surface area contributed by atoms with Crippen molar-refractivity contribution in [3.8, 4) is 0 Å². The summed E-state index contributed by atoms with van der Waals surface area (Å²) < 4.78 is 0. The van der Waals surface area contributed by atoms with Crippen molar-refractivity contribution in [2.75, 3.05) is 32.7 Å². The van der Waals surface area contributed by atoms with Crippen molar-refractivity contribution >= 4 is 17.7 Å². The molecule has 29 heavy (non-hydrogen) atoms. The topological polar surface area (TPSA) is 69.7 Å². The molecule has 1 aliphatic carbocycles. The van der Waals surface area contributed by atoms with E-state index in [4.69, 9.17) is 0 Å². The first-order valence-corrected chi connectivity index (χ1v) is 11.0. The molecule has 1 aliphatic heterocycles. The van der Waals surface area contributed by atoms with Gasteiger partial charge in [0.05, 0.1) is 11.1 Å². The minimum atomic E-state index is -0.227. The molecule has 0 spiro atoms. The van der Waals surface area contributed by atoms with Crippen LogP contribution in [0.3, 0.4) is 0 Å². The maximum absolute atomic E-state index is 12.8. The number of fused-ring (bicyclic) bond motifs is 1. The van der Waals surface area contributed by atoms with Crippen LogP contribution in [0.4, 0.5) is 0 Å². The molecule has 1 aromatic rings. The van der Waals surface area contributed by atoms with Gasteiger partial charge in [0.15, 0.2) is 0 Å². The zero-order valence-corrected chi connectivity index (χ0v) is 17.7. The molecule has 3 rings (SSSR count). The molecule has 1 fully saturated rings. The van der Waals surface area contributed by atoms with E-state index >= 15 is 0 Å². The fourth-order valence-electron chi connectivity index (χ4n) is 4.60. The third-order valence-electron chi connectivity index (χ3n) is 6.39. The summed E-state index contributed by atoms with van der Waals surface area (Å²) in [6.07, 6.45) is 4.71. The smallest absolute Gasteiger partial charge is 0.261 e. The SMILES string of the molecule is CCN(CC)CCCNC(=O)C1CCCCC1CN1C(=O)c2ccccc2C1=O. The third kappa shape index (κ3) is 4.86. The van der Waals surface area contributed by atoms with Crippen molar-refractivity contribution in [1.29, 1.82) is 0 Å². The number of rotatable bonds is 9. The van der Waals surface area contributed by atoms with E-state index in [-0.39, 0.29) is 29.6 Å². The summed E-state index contributed by atoms with van der Waals surface area (Å²) in [6, 6.07) is 6.97. The van der Waals surface area contributed by atoms with Gasteiger partial charge in [-0.25, -0.2) is 0 Å². The first-order valence-electron chi connectivity index (χ1n) is 11.0. The minimum Gasteiger partial charge on any atom is -0.356 e. The predicted octanol–water partition coefficient (Wildman–Crippen LogP) is 2.94. The van der Waals surface area contributed by atoms with Crippen LogP contribution in [-0.2, 0) is 4.79 Å². The van der Waals surface area contributed by atoms with Crippen LogP contribution in [0.1, 0.15) is 66.7 Å². The lowest BCUT2D eigenvalue weighted by atomic mass is 9.78. The first-order chi connectivity index (χ1) is 14.1. The lowest BCUT2D eigenvalue weighted by molar-refractivity contribution is -0.128. The number of nitrogens with one attached hydrogen (secondary N) is 1. The lowest BCUT2D eigenvalue weighted by Gasteiger charge is -2.33. The first kappa shape index (κ1) is 21.5. The summed E-state index contributed by atoms with van der Waals surface area (Å²) in [7, 11) is 0. The van der Waals surface area contributed by atoms with Gasteiger partial charge in [0.1, 0.15) is 0 Å². The van der Waals surface area contributed by atoms with E-state index in [0.29, 0.717) is 24.2 Å². The normalized spacial score (nSPS) is 21.6. The van der Waals surface area contributed by atoms with Crippen LogP contribution in [0.25, 0.3) is 0 Å². The van der Waals surface area contributed by atoms with Crippen LogP contribution in [0.2, 0.25) is 0 Å². The van der Waals surface area contributed by atoms with Crippen molar-refractivity contribution in [1.82, 2.24) is 15.1 Å². The summed E-state index contributed by atoms with van der Waals surface area (Å²) in [5, 5.41) is 3.10. The Labute approximate surface area is 173 Å². The molecule has 0 radical (unpaired) electrons. The Balaban J connectivity index is 1.57. The zero-order valence-electron chi connectivity index (χ0n) is 17.7. The molecule has 1 N–H and O–H groups in total. The molecular formula is C23H33N3O3. The van der Waals surface area contributed by atoms with Gasteiger partial charge in [-0.3, -0.25) is 19.3 Å². The van der Waals surface area contributed by atoms with E-state index in [1.807, 2.05) is 0 Å². The Morgan fingerprint density at radius 1 is 1.07 bits per heavy atom. The Bertz CT molecular complexity index is 710. The molecule has 6 nitrogen and oxygen atoms in total. The van der Waals surface area contributed by atoms with Crippen LogP contribution in [0.15, 0.2) is 24.3 Å². The third-order valence-corrected chi connectivity index (χ3v) is 6.39. The average molecular weight is 400 g/mol. The zero-order chi connectivity index (χ0) is 20.8. The molecular weight excluding hydrogens is 366 g/mol. The van der Waals surface area contributed by atoms with Crippen LogP contribution in [0, 0.1) is 11.8 Å². The minimum absolute atomic E-state index is 0.0359. The lowest BCUT2D eigenvalue weighted by Crippen LogP contribution is -2.43. The van der Waals surface area contributed by atoms with Gasteiger partial charge in [-0.05, 0) is 56.9 Å². The molecule has 0 saturated heterocycles. The highest BCUT2D eigenvalue weighted by atomic mass is 16.2. The van der Waals surface area contributed by atoms with E-state index in [1.165, 1.54) is 4.90 Å². The largest absolute Gasteiger partial charge is 0.356 e. The second-order valence-corrected chi connectivity index (χ2v) is 8.09. The summed E-state index contributed by atoms with van der Waals surface area (Å²) >= 11 is 0. The maximum atomic E-state index is 12.8. The highest BCUT2D eigenvalue weighted by Gasteiger charge is 2.39. The molecule has 2 atom stereocenters. The summed E-state index contributed by atoms with van der Waals surface area (Å²) in [6.45, 7) is 8.33. The molecule has 1 saturated carbocycles. The van der Waals surface area contributed by atoms with Gasteiger partial charge >= 0.3 is 0 Å². The van der Waals surface area contributed by atoms with Gasteiger partial charge in [-0.15, -0.1) is 0 Å². The standard InChI is InChI=1S/C23H33N3O3/c1-3-25(4-2)15-9-14-24-21(27)18-11-6-5-10-17(18)16-26-22(28)19-12-7-8-13-20(19)23(26)29/h7-8,12-13,17-18H,3-6,9-11,14-16H2,1-2H3,(H,24,27). The Hall–Kier alpha value is -2.21. The van der Waals surface area contributed by atoms with Crippen molar-refractivity contribution in [2.24, 2.45) is 11.8 Å². The van der Waals surface area contributed by atoms with Gasteiger partial charge in [-0.2, -0.15) is 0 Å². The number of hydrogen-bond acceptors (Lipinski definition) is 4. The summed E-state index contributed by atoms with van der Waals surface area (Å²) in [4.78, 5) is 41.9. The van der Waals surface area contributed by atoms with Crippen LogP contribution in [0.5, 0.6) is 0 Å². The fraction of sp³-hybridized carbons (Fsp3) is 0.609. The number of carbonyl (C=O) groups is 3. The molecule has 158 valence electrons. The van der Waals surface area contributed by atoms with E-state index in [2.05, 4.69) is 24.1 Å². The molecule has 6 heteroatoms. The Kier molecular flexibility index (Phi) is 7.42. The van der Waals surface area contributed by atoms with Gasteiger partial charge in [0.25, 0.3) is 11.8 Å². The van der Waals surface area contributed by atoms with Crippen molar-refractivity contribution in [3.63, 3.8) is 0 Å². The molecule has 1 heterocycles. The highest BCUT2D eigenvalue weighted by Crippen LogP contribution is 2.33. The van der Waals surface area contributed by atoms with Gasteiger partial charge < -0.3 is 10.2 Å². The molecule has 2 unspecified atom stereocenters. The predicted molar refractivity (Wildman–Crippen MR) is 113 cm³/mol. The van der Waals surface area contributed by atoms with Crippen LogP contribution in [-0.4, -0.2) is 60.2 Å². The van der Waals surface area contributed by atoms with Crippen molar-refractivity contribution in [2.45, 2.75) is 46.0 Å². The number of nitrogens with zero attached hydrogens (tertiary/aromatic N) is 2. The van der Waals surface area contributed by atoms with Gasteiger partial charge in [-0.1, -0.05) is 38.8 Å². The second-order valence-electron chi connectivity index (χ2n) is 8.09. The number of hydrogen-bond donors (Lipinski definition) is 1. The van der Waals surface area contributed by atoms with Crippen LogP contribution >= 0.6 is 0 Å². The van der Waals surface area contributed by atoms with Crippen molar-refractivity contribution in [3.05, 3.63) is 35.4 Å². The Morgan fingerprint density at radius 2 is 1.69 bits per heavy atom. The van der Waals surface area contributed by atoms with Gasteiger partial charge in [0, 0.05) is 19.0 Å². The number of benzene rings is 1. The molecule has 0 bridgehead atoms. The number of carbonyl (C=O) groups excluding carboxylic acids is 3. The monoisotopic (exact) mass is 399 g/mol. The molecule has 1 aromatic carbocycles. The quantitative estimate of drug-likeness (QED) is 0.512. The second kappa shape index (κ2) is 10.0. The van der Waals surface area contributed by atoms with E-state index < -0.39 is 0 Å². The molecule has 3 amide bonds. The van der Waals surface area contributed by atoms with Crippen molar-refractivity contribution < 1.29 is 14.4 Å². The highest BCUT2D eigenvalue weighted by molar-refractivity contribution is 6.21. The maximum Gasteiger partial charge on any atom is 0.261 e. The van der Waals surface area contributed by atoms with Gasteiger partial charge in [0.2, 0.25) is 5.91 Å². The fourth-order valence-corrected chi connectivity index (χ4v) is 4.60. The molecule has 0 aromatic heterocycles. The molecule has 2 aliphatic rings. The Morgan fingerprint density at radius 3 is 2.31 bits per heavy atom. The van der Waals surface area contributed by atoms with E-state index in [1.54, 1.807) is 24.3 Å². The summed E-state index contributed by atoms with van der Waals surface area (Å²) in [5.74, 6) is -0.467. The average Bonchev–Trinajstić information content (AvgIpc) is 2.99. The summed E-state index contributed by atoms with van der Waals surface area (Å²) in [5.41, 5.74) is 0.955. The van der Waals surface area contributed by atoms with E-state index in [0.717, 1.165) is 51.7 Å².